The Labute approximate surface area is 218 Å². The molecule has 0 spiro atoms. The highest BCUT2D eigenvalue weighted by molar-refractivity contribution is 9.10. The maximum absolute atomic E-state index is 12.9. The molecule has 184 valence electrons. The quantitative estimate of drug-likeness (QED) is 0.214. The van der Waals surface area contributed by atoms with Crippen molar-refractivity contribution >= 4 is 44.0 Å². The largest absolute Gasteiger partial charge is 0.456 e. The van der Waals surface area contributed by atoms with Crippen LogP contribution in [0.2, 0.25) is 0 Å². The Morgan fingerprint density at radius 2 is 1.92 bits per heavy atom. The zero-order valence-corrected chi connectivity index (χ0v) is 22.6. The normalized spacial score (nSPS) is 11.9. The first-order valence-electron chi connectivity index (χ1n) is 12.0. The molecule has 0 atom stereocenters. The number of esters is 1. The van der Waals surface area contributed by atoms with Crippen LogP contribution in [-0.4, -0.2) is 26.1 Å². The lowest BCUT2D eigenvalue weighted by Gasteiger charge is -2.20. The second-order valence-electron chi connectivity index (χ2n) is 9.89. The van der Waals surface area contributed by atoms with E-state index in [0.29, 0.717) is 23.4 Å². The van der Waals surface area contributed by atoms with Crippen molar-refractivity contribution in [3.8, 4) is 11.3 Å². The van der Waals surface area contributed by atoms with Gasteiger partial charge in [0.2, 0.25) is 0 Å². The molecule has 0 saturated carbocycles. The number of pyridine rings is 1. The van der Waals surface area contributed by atoms with E-state index in [4.69, 9.17) is 14.1 Å². The van der Waals surface area contributed by atoms with Crippen LogP contribution in [0, 0.1) is 6.92 Å². The Kier molecular flexibility index (Phi) is 6.20. The lowest BCUT2D eigenvalue weighted by Crippen LogP contribution is -2.24. The summed E-state index contributed by atoms with van der Waals surface area (Å²) in [4.78, 5) is 22.4. The predicted octanol–water partition coefficient (Wildman–Crippen LogP) is 7.48. The smallest absolute Gasteiger partial charge is 0.339 e. The highest BCUT2D eigenvalue weighted by Crippen LogP contribution is 2.40. The molecule has 0 bridgehead atoms. The molecule has 0 saturated heterocycles. The number of aromatic nitrogens is 3. The van der Waals surface area contributed by atoms with Gasteiger partial charge in [-0.3, -0.25) is 0 Å². The van der Waals surface area contributed by atoms with E-state index in [0.717, 1.165) is 50.0 Å². The van der Waals surface area contributed by atoms with Crippen molar-refractivity contribution < 1.29 is 13.9 Å². The van der Waals surface area contributed by atoms with E-state index in [1.807, 2.05) is 57.3 Å². The minimum atomic E-state index is -0.591. The van der Waals surface area contributed by atoms with Crippen molar-refractivity contribution in [2.75, 3.05) is 0 Å². The molecule has 0 unspecified atom stereocenters. The number of rotatable bonds is 5. The average Bonchev–Trinajstić information content (AvgIpc) is 3.36. The number of carbonyl (C=O) groups excluding carboxylic acids is 1. The zero-order valence-electron chi connectivity index (χ0n) is 21.1. The van der Waals surface area contributed by atoms with Gasteiger partial charge in [0.1, 0.15) is 28.3 Å². The summed E-state index contributed by atoms with van der Waals surface area (Å²) < 4.78 is 14.9. The minimum absolute atomic E-state index is 0.381. The summed E-state index contributed by atoms with van der Waals surface area (Å²) in [5, 5.41) is 0.938. The number of carbonyl (C=O) groups is 1. The van der Waals surface area contributed by atoms with Gasteiger partial charge in [-0.15, -0.1) is 0 Å². The van der Waals surface area contributed by atoms with Gasteiger partial charge in [0.15, 0.2) is 5.65 Å². The predicted molar refractivity (Wildman–Crippen MR) is 145 cm³/mol. The molecule has 0 N–H and O–H groups in total. The molecular formula is C29H28BrN3O3. The van der Waals surface area contributed by atoms with Crippen LogP contribution in [0.25, 0.3) is 33.5 Å². The number of hydrogen-bond acceptors (Lipinski definition) is 5. The van der Waals surface area contributed by atoms with E-state index in [1.54, 1.807) is 6.07 Å². The second kappa shape index (κ2) is 9.21. The highest BCUT2D eigenvalue weighted by atomic mass is 79.9. The molecule has 3 aromatic heterocycles. The van der Waals surface area contributed by atoms with Crippen molar-refractivity contribution in [1.29, 1.82) is 0 Å². The standard InChI is InChI=1S/C29H28BrN3O3/c1-6-23-32-25-17(2)13-14-31-27(25)33(23)16-18-11-12-22-21(15-18)24(30)26(35-22)19-9-7-8-10-20(19)28(34)36-29(3,4)5/h7-15H,6,16H2,1-5H3. The van der Waals surface area contributed by atoms with Gasteiger partial charge < -0.3 is 13.7 Å². The Hall–Kier alpha value is -3.45. The summed E-state index contributed by atoms with van der Waals surface area (Å²) >= 11 is 3.75. The number of aryl methyl sites for hydroxylation is 2. The maximum atomic E-state index is 12.9. The fraction of sp³-hybridized carbons (Fsp3) is 0.276. The van der Waals surface area contributed by atoms with E-state index < -0.39 is 5.60 Å². The van der Waals surface area contributed by atoms with Crippen molar-refractivity contribution in [3.63, 3.8) is 0 Å². The average molecular weight is 546 g/mol. The number of benzene rings is 2. The number of fused-ring (bicyclic) bond motifs is 2. The van der Waals surface area contributed by atoms with E-state index >= 15 is 0 Å². The van der Waals surface area contributed by atoms with Gasteiger partial charge in [-0.25, -0.2) is 14.8 Å². The second-order valence-corrected chi connectivity index (χ2v) is 10.7. The van der Waals surface area contributed by atoms with Gasteiger partial charge in [0.25, 0.3) is 0 Å². The molecule has 0 radical (unpaired) electrons. The van der Waals surface area contributed by atoms with Crippen LogP contribution < -0.4 is 0 Å². The monoisotopic (exact) mass is 545 g/mol. The summed E-state index contributed by atoms with van der Waals surface area (Å²) in [7, 11) is 0. The number of ether oxygens (including phenoxy) is 1. The molecule has 0 amide bonds. The molecule has 5 rings (SSSR count). The molecule has 7 heteroatoms. The summed E-state index contributed by atoms with van der Waals surface area (Å²) in [6.07, 6.45) is 2.65. The summed E-state index contributed by atoms with van der Waals surface area (Å²) in [6, 6.07) is 15.5. The van der Waals surface area contributed by atoms with Gasteiger partial charge >= 0.3 is 5.97 Å². The third-order valence-corrected chi connectivity index (χ3v) is 6.84. The number of imidazole rings is 1. The fourth-order valence-electron chi connectivity index (χ4n) is 4.38. The molecule has 0 fully saturated rings. The SMILES string of the molecule is CCc1nc2c(C)ccnc2n1Cc1ccc2oc(-c3ccccc3C(=O)OC(C)(C)C)c(Br)c2c1. The molecule has 6 nitrogen and oxygen atoms in total. The lowest BCUT2D eigenvalue weighted by molar-refractivity contribution is 0.00702. The highest BCUT2D eigenvalue weighted by Gasteiger charge is 2.24. The van der Waals surface area contributed by atoms with E-state index in [9.17, 15) is 4.79 Å². The topological polar surface area (TPSA) is 70.2 Å². The molecular weight excluding hydrogens is 518 g/mol. The van der Waals surface area contributed by atoms with E-state index in [2.05, 4.69) is 51.5 Å². The van der Waals surface area contributed by atoms with Crippen LogP contribution in [0.15, 0.2) is 63.6 Å². The molecule has 3 heterocycles. The molecule has 2 aromatic carbocycles. The molecule has 0 aliphatic rings. The van der Waals surface area contributed by atoms with E-state index in [1.165, 1.54) is 0 Å². The van der Waals surface area contributed by atoms with Gasteiger partial charge in [0.05, 0.1) is 16.6 Å². The first-order valence-corrected chi connectivity index (χ1v) is 12.8. The van der Waals surface area contributed by atoms with E-state index in [-0.39, 0.29) is 5.97 Å². The van der Waals surface area contributed by atoms with Crippen LogP contribution in [-0.2, 0) is 17.7 Å². The Morgan fingerprint density at radius 1 is 1.14 bits per heavy atom. The molecule has 5 aromatic rings. The summed E-state index contributed by atoms with van der Waals surface area (Å²) in [5.74, 6) is 1.22. The minimum Gasteiger partial charge on any atom is -0.456 e. The first kappa shape index (κ1) is 24.3. The van der Waals surface area contributed by atoms with Crippen LogP contribution in [0.1, 0.15) is 55.0 Å². The number of furan rings is 1. The van der Waals surface area contributed by atoms with Gasteiger partial charge in [-0.1, -0.05) is 31.2 Å². The maximum Gasteiger partial charge on any atom is 0.339 e. The van der Waals surface area contributed by atoms with Crippen molar-refractivity contribution in [2.24, 2.45) is 0 Å². The summed E-state index contributed by atoms with van der Waals surface area (Å²) in [6.45, 7) is 10.4. The zero-order chi connectivity index (χ0) is 25.6. The lowest BCUT2D eigenvalue weighted by atomic mass is 10.0. The van der Waals surface area contributed by atoms with Gasteiger partial charge in [0, 0.05) is 23.6 Å². The third kappa shape index (κ3) is 4.44. The van der Waals surface area contributed by atoms with Crippen molar-refractivity contribution in [1.82, 2.24) is 14.5 Å². The van der Waals surface area contributed by atoms with Crippen LogP contribution in [0.4, 0.5) is 0 Å². The number of halogens is 1. The Balaban J connectivity index is 1.56. The Morgan fingerprint density at radius 3 is 2.67 bits per heavy atom. The summed E-state index contributed by atoms with van der Waals surface area (Å²) in [5.41, 5.74) is 5.36. The van der Waals surface area contributed by atoms with Crippen molar-refractivity contribution in [2.45, 2.75) is 53.2 Å². The third-order valence-electron chi connectivity index (χ3n) is 6.05. The van der Waals surface area contributed by atoms with Crippen LogP contribution in [0.5, 0.6) is 0 Å². The number of nitrogens with zero attached hydrogens (tertiary/aromatic N) is 3. The first-order chi connectivity index (χ1) is 17.2. The Bertz CT molecular complexity index is 1610. The van der Waals surface area contributed by atoms with Crippen LogP contribution >= 0.6 is 15.9 Å². The van der Waals surface area contributed by atoms with Gasteiger partial charge in [-0.05, 0) is 79.0 Å². The molecule has 0 aliphatic carbocycles. The van der Waals surface area contributed by atoms with Crippen molar-refractivity contribution in [3.05, 3.63) is 81.7 Å². The fourth-order valence-corrected chi connectivity index (χ4v) is 4.98. The van der Waals surface area contributed by atoms with Gasteiger partial charge in [-0.2, -0.15) is 0 Å². The van der Waals surface area contributed by atoms with Crippen LogP contribution in [0.3, 0.4) is 0 Å². The molecule has 0 aliphatic heterocycles. The number of hydrogen-bond donors (Lipinski definition) is 0. The molecule has 36 heavy (non-hydrogen) atoms.